The van der Waals surface area contributed by atoms with Gasteiger partial charge in [-0.25, -0.2) is 0 Å². The average molecular weight is 279 g/mol. The predicted octanol–water partition coefficient (Wildman–Crippen LogP) is 3.33. The second-order valence-corrected chi connectivity index (χ2v) is 4.70. The Morgan fingerprint density at radius 3 is 2.20 bits per heavy atom. The summed E-state index contributed by atoms with van der Waals surface area (Å²) in [6.07, 6.45) is 2.17. The van der Waals surface area contributed by atoms with Crippen molar-refractivity contribution in [2.75, 3.05) is 27.9 Å². The van der Waals surface area contributed by atoms with Crippen molar-refractivity contribution < 1.29 is 14.2 Å². The van der Waals surface area contributed by atoms with E-state index in [4.69, 9.17) is 14.2 Å². The first-order chi connectivity index (χ1) is 9.58. The molecule has 0 saturated carbocycles. The number of likely N-dealkylation sites (N-methyl/N-ethyl adjacent to an activating group) is 1. The molecule has 0 heterocycles. The van der Waals surface area contributed by atoms with Gasteiger partial charge in [-0.05, 0) is 32.5 Å². The SMILES string of the molecule is CCNC(C=C(C)C)c1ccc(OC)c(OC)c1OC. The van der Waals surface area contributed by atoms with E-state index in [0.29, 0.717) is 17.2 Å². The van der Waals surface area contributed by atoms with Crippen molar-refractivity contribution in [2.24, 2.45) is 0 Å². The Bertz CT molecular complexity index is 465. The molecule has 0 amide bonds. The molecule has 1 N–H and O–H groups in total. The number of ether oxygens (including phenoxy) is 3. The summed E-state index contributed by atoms with van der Waals surface area (Å²) >= 11 is 0. The van der Waals surface area contributed by atoms with E-state index in [1.165, 1.54) is 5.57 Å². The average Bonchev–Trinajstić information content (AvgIpc) is 2.44. The second kappa shape index (κ2) is 7.80. The number of nitrogens with one attached hydrogen (secondary N) is 1. The lowest BCUT2D eigenvalue weighted by atomic mass is 10.0. The fourth-order valence-corrected chi connectivity index (χ4v) is 2.18. The normalized spacial score (nSPS) is 11.7. The lowest BCUT2D eigenvalue weighted by Crippen LogP contribution is -2.20. The molecule has 1 rings (SSSR count). The first kappa shape index (κ1) is 16.4. The zero-order chi connectivity index (χ0) is 15.1. The molecule has 0 aliphatic rings. The van der Waals surface area contributed by atoms with E-state index in [1.54, 1.807) is 21.3 Å². The highest BCUT2D eigenvalue weighted by Crippen LogP contribution is 2.42. The van der Waals surface area contributed by atoms with E-state index in [-0.39, 0.29) is 6.04 Å². The van der Waals surface area contributed by atoms with Crippen LogP contribution < -0.4 is 19.5 Å². The number of hydrogen-bond acceptors (Lipinski definition) is 4. The molecule has 0 spiro atoms. The highest BCUT2D eigenvalue weighted by Gasteiger charge is 2.20. The summed E-state index contributed by atoms with van der Waals surface area (Å²) in [4.78, 5) is 0. The Balaban J connectivity index is 3.37. The molecule has 0 radical (unpaired) electrons. The second-order valence-electron chi connectivity index (χ2n) is 4.70. The van der Waals surface area contributed by atoms with Gasteiger partial charge in [0, 0.05) is 5.56 Å². The molecule has 0 aromatic heterocycles. The van der Waals surface area contributed by atoms with Gasteiger partial charge < -0.3 is 19.5 Å². The molecule has 0 saturated heterocycles. The molecule has 1 unspecified atom stereocenters. The third kappa shape index (κ3) is 3.67. The predicted molar refractivity (Wildman–Crippen MR) is 81.9 cm³/mol. The van der Waals surface area contributed by atoms with Crippen molar-refractivity contribution in [3.8, 4) is 17.2 Å². The standard InChI is InChI=1S/C16H25NO3/c1-7-17-13(10-11(2)3)12-8-9-14(18-4)16(20-6)15(12)19-5/h8-10,13,17H,7H2,1-6H3. The summed E-state index contributed by atoms with van der Waals surface area (Å²) in [5, 5.41) is 3.44. The van der Waals surface area contributed by atoms with Crippen LogP contribution in [0.25, 0.3) is 0 Å². The summed E-state index contributed by atoms with van der Waals surface area (Å²) in [5.74, 6) is 1.99. The smallest absolute Gasteiger partial charge is 0.203 e. The van der Waals surface area contributed by atoms with Crippen molar-refractivity contribution in [1.82, 2.24) is 5.32 Å². The van der Waals surface area contributed by atoms with E-state index in [2.05, 4.69) is 32.2 Å². The molecule has 4 heteroatoms. The van der Waals surface area contributed by atoms with Gasteiger partial charge in [-0.2, -0.15) is 0 Å². The van der Waals surface area contributed by atoms with Gasteiger partial charge in [-0.1, -0.05) is 18.6 Å². The summed E-state index contributed by atoms with van der Waals surface area (Å²) in [5.41, 5.74) is 2.28. The van der Waals surface area contributed by atoms with Crippen LogP contribution in [0.15, 0.2) is 23.8 Å². The number of allylic oxidation sites excluding steroid dienone is 1. The van der Waals surface area contributed by atoms with E-state index in [9.17, 15) is 0 Å². The van der Waals surface area contributed by atoms with Crippen molar-refractivity contribution in [3.63, 3.8) is 0 Å². The van der Waals surface area contributed by atoms with Crippen LogP contribution >= 0.6 is 0 Å². The number of benzene rings is 1. The molecular formula is C16H25NO3. The van der Waals surface area contributed by atoms with Crippen LogP contribution in [0, 0.1) is 0 Å². The van der Waals surface area contributed by atoms with Crippen LogP contribution in [-0.4, -0.2) is 27.9 Å². The van der Waals surface area contributed by atoms with Crippen LogP contribution in [0.1, 0.15) is 32.4 Å². The molecule has 4 nitrogen and oxygen atoms in total. The van der Waals surface area contributed by atoms with E-state index in [1.807, 2.05) is 12.1 Å². The van der Waals surface area contributed by atoms with Crippen molar-refractivity contribution in [2.45, 2.75) is 26.8 Å². The molecule has 0 aliphatic heterocycles. The van der Waals surface area contributed by atoms with Crippen molar-refractivity contribution in [1.29, 1.82) is 0 Å². The maximum absolute atomic E-state index is 5.54. The highest BCUT2D eigenvalue weighted by atomic mass is 16.5. The first-order valence-electron chi connectivity index (χ1n) is 6.76. The van der Waals surface area contributed by atoms with E-state index >= 15 is 0 Å². The van der Waals surface area contributed by atoms with E-state index < -0.39 is 0 Å². The molecule has 0 aliphatic carbocycles. The zero-order valence-corrected chi connectivity index (χ0v) is 13.2. The minimum absolute atomic E-state index is 0.0831. The zero-order valence-electron chi connectivity index (χ0n) is 13.2. The molecular weight excluding hydrogens is 254 g/mol. The molecule has 1 aromatic carbocycles. The highest BCUT2D eigenvalue weighted by molar-refractivity contribution is 5.57. The molecule has 1 aromatic rings. The molecule has 0 fully saturated rings. The van der Waals surface area contributed by atoms with Gasteiger partial charge >= 0.3 is 0 Å². The van der Waals surface area contributed by atoms with Gasteiger partial charge in [0.2, 0.25) is 5.75 Å². The number of rotatable bonds is 7. The maximum Gasteiger partial charge on any atom is 0.203 e. The van der Waals surface area contributed by atoms with Crippen LogP contribution in [0.3, 0.4) is 0 Å². The summed E-state index contributed by atoms with van der Waals surface area (Å²) in [6.45, 7) is 7.11. The maximum atomic E-state index is 5.54. The van der Waals surface area contributed by atoms with E-state index in [0.717, 1.165) is 12.1 Å². The number of methoxy groups -OCH3 is 3. The van der Waals surface area contributed by atoms with Gasteiger partial charge in [-0.15, -0.1) is 0 Å². The van der Waals surface area contributed by atoms with Crippen LogP contribution in [-0.2, 0) is 0 Å². The molecule has 20 heavy (non-hydrogen) atoms. The lowest BCUT2D eigenvalue weighted by Gasteiger charge is -2.21. The van der Waals surface area contributed by atoms with Gasteiger partial charge in [0.1, 0.15) is 0 Å². The first-order valence-corrected chi connectivity index (χ1v) is 6.76. The minimum Gasteiger partial charge on any atom is -0.493 e. The topological polar surface area (TPSA) is 39.7 Å². The van der Waals surface area contributed by atoms with Crippen molar-refractivity contribution in [3.05, 3.63) is 29.3 Å². The third-order valence-corrected chi connectivity index (χ3v) is 2.99. The van der Waals surface area contributed by atoms with Gasteiger partial charge in [0.25, 0.3) is 0 Å². The lowest BCUT2D eigenvalue weighted by molar-refractivity contribution is 0.320. The Morgan fingerprint density at radius 2 is 1.75 bits per heavy atom. The molecule has 1 atom stereocenters. The fraction of sp³-hybridized carbons (Fsp3) is 0.500. The van der Waals surface area contributed by atoms with Gasteiger partial charge in [0.05, 0.1) is 27.4 Å². The summed E-state index contributed by atoms with van der Waals surface area (Å²) in [7, 11) is 4.88. The Morgan fingerprint density at radius 1 is 1.10 bits per heavy atom. The monoisotopic (exact) mass is 279 g/mol. The summed E-state index contributed by atoms with van der Waals surface area (Å²) < 4.78 is 16.3. The largest absolute Gasteiger partial charge is 0.493 e. The Kier molecular flexibility index (Phi) is 6.39. The van der Waals surface area contributed by atoms with Gasteiger partial charge in [-0.3, -0.25) is 0 Å². The molecule has 0 bridgehead atoms. The van der Waals surface area contributed by atoms with Crippen LogP contribution in [0.5, 0.6) is 17.2 Å². The Hall–Kier alpha value is -1.68. The minimum atomic E-state index is 0.0831. The Labute approximate surface area is 121 Å². The number of hydrogen-bond donors (Lipinski definition) is 1. The molecule has 112 valence electrons. The van der Waals surface area contributed by atoms with Crippen LogP contribution in [0.2, 0.25) is 0 Å². The van der Waals surface area contributed by atoms with Crippen LogP contribution in [0.4, 0.5) is 0 Å². The fourth-order valence-electron chi connectivity index (χ4n) is 2.18. The van der Waals surface area contributed by atoms with Crippen molar-refractivity contribution >= 4 is 0 Å². The summed E-state index contributed by atoms with van der Waals surface area (Å²) in [6, 6.07) is 3.99. The third-order valence-electron chi connectivity index (χ3n) is 2.99. The van der Waals surface area contributed by atoms with Gasteiger partial charge in [0.15, 0.2) is 11.5 Å². The quantitative estimate of drug-likeness (QED) is 0.777.